The second kappa shape index (κ2) is 56.3. The van der Waals surface area contributed by atoms with Gasteiger partial charge in [-0.1, -0.05) is 209 Å². The van der Waals surface area contributed by atoms with Crippen LogP contribution >= 0.6 is 0 Å². The summed E-state index contributed by atoms with van der Waals surface area (Å²) in [4.78, 5) is 25.4. The lowest BCUT2D eigenvalue weighted by molar-refractivity contribution is -0.162. The van der Waals surface area contributed by atoms with Gasteiger partial charge in [-0.3, -0.25) is 9.59 Å². The Hall–Kier alpha value is -5.00. The minimum absolute atomic E-state index is 0.00470. The minimum atomic E-state index is -0.629. The minimum Gasteiger partial charge on any atom is -0.462 e. The van der Waals surface area contributed by atoms with E-state index in [1.807, 2.05) is 6.08 Å². The van der Waals surface area contributed by atoms with E-state index in [2.05, 4.69) is 197 Å². The summed E-state index contributed by atoms with van der Waals surface area (Å²) in [6, 6.07) is 0. The van der Waals surface area contributed by atoms with Gasteiger partial charge in [-0.2, -0.15) is 0 Å². The van der Waals surface area contributed by atoms with E-state index in [4.69, 9.17) is 14.2 Å². The Morgan fingerprint density at radius 3 is 1.01 bits per heavy atom. The molecule has 0 rings (SSSR count). The molecule has 0 radical (unpaired) electrons. The van der Waals surface area contributed by atoms with Crippen molar-refractivity contribution in [1.82, 2.24) is 0 Å². The van der Waals surface area contributed by atoms with E-state index in [1.165, 1.54) is 0 Å². The first-order valence-electron chi connectivity index (χ1n) is 26.3. The van der Waals surface area contributed by atoms with E-state index in [0.717, 1.165) is 135 Å². The fourth-order valence-corrected chi connectivity index (χ4v) is 6.15. The Morgan fingerprint density at radius 1 is 0.324 bits per heavy atom. The molecule has 0 amide bonds. The van der Waals surface area contributed by atoms with Crippen LogP contribution in [0.25, 0.3) is 0 Å². The van der Waals surface area contributed by atoms with Crippen molar-refractivity contribution in [3.63, 3.8) is 0 Å². The maximum absolute atomic E-state index is 12.8. The molecular weight excluding hydrogens is 837 g/mol. The molecule has 1 unspecified atom stereocenters. The molecule has 0 aliphatic heterocycles. The van der Waals surface area contributed by atoms with Gasteiger partial charge in [0, 0.05) is 19.4 Å². The molecule has 0 heterocycles. The van der Waals surface area contributed by atoms with Crippen LogP contribution in [-0.2, 0) is 23.8 Å². The third-order valence-corrected chi connectivity index (χ3v) is 9.93. The summed E-state index contributed by atoms with van der Waals surface area (Å²) in [6.45, 7) is 7.19. The third kappa shape index (κ3) is 53.6. The summed E-state index contributed by atoms with van der Waals surface area (Å²) >= 11 is 0. The molecule has 0 bridgehead atoms. The number of hydrogen-bond donors (Lipinski definition) is 0. The first-order valence-corrected chi connectivity index (χ1v) is 26.3. The summed E-state index contributed by atoms with van der Waals surface area (Å²) in [5.74, 6) is -0.581. The van der Waals surface area contributed by atoms with E-state index in [-0.39, 0.29) is 31.6 Å². The molecule has 0 aliphatic rings. The SMILES string of the molecule is CC/C=C\C/C=C\C/C=C\C/C=C\C/C=C\C/C=C\CCC(=O)OCC(COCCC/C=C\C/C=C\C/C=C\C/C=C\CC)OC(=O)CCCCC/C=C\C/C=C\C/C=C\C/C=C\C/C=C\CC. The number of carbonyl (C=O) groups excluding carboxylic acids is 2. The van der Waals surface area contributed by atoms with E-state index >= 15 is 0 Å². The fraction of sp³-hybridized carbons (Fsp3) is 0.492. The van der Waals surface area contributed by atoms with Crippen molar-refractivity contribution >= 4 is 11.9 Å². The van der Waals surface area contributed by atoms with Crippen LogP contribution in [0, 0.1) is 0 Å². The lowest BCUT2D eigenvalue weighted by atomic mass is 10.1. The van der Waals surface area contributed by atoms with Crippen LogP contribution < -0.4 is 0 Å². The maximum atomic E-state index is 12.8. The number of rotatable bonds is 45. The van der Waals surface area contributed by atoms with Gasteiger partial charge < -0.3 is 14.2 Å². The maximum Gasteiger partial charge on any atom is 0.306 e. The predicted octanol–water partition coefficient (Wildman–Crippen LogP) is 18.2. The summed E-state index contributed by atoms with van der Waals surface area (Å²) in [5.41, 5.74) is 0. The molecule has 376 valence electrons. The zero-order chi connectivity index (χ0) is 49.2. The van der Waals surface area contributed by atoms with Gasteiger partial charge in [0.15, 0.2) is 6.10 Å². The fourth-order valence-electron chi connectivity index (χ4n) is 6.15. The van der Waals surface area contributed by atoms with Crippen LogP contribution in [0.2, 0.25) is 0 Å². The number of esters is 2. The van der Waals surface area contributed by atoms with E-state index < -0.39 is 6.10 Å². The van der Waals surface area contributed by atoms with E-state index in [1.54, 1.807) is 0 Å². The Bertz CT molecular complexity index is 1620. The van der Waals surface area contributed by atoms with Crippen molar-refractivity contribution < 1.29 is 23.8 Å². The molecular formula is C63H94O5. The molecule has 0 saturated carbocycles. The molecule has 0 aromatic heterocycles. The van der Waals surface area contributed by atoms with Crippen LogP contribution in [0.15, 0.2) is 182 Å². The van der Waals surface area contributed by atoms with Gasteiger partial charge in [-0.15, -0.1) is 0 Å². The molecule has 0 N–H and O–H groups in total. The highest BCUT2D eigenvalue weighted by molar-refractivity contribution is 5.70. The highest BCUT2D eigenvalue weighted by atomic mass is 16.6. The smallest absolute Gasteiger partial charge is 0.306 e. The zero-order valence-corrected chi connectivity index (χ0v) is 43.0. The molecule has 68 heavy (non-hydrogen) atoms. The van der Waals surface area contributed by atoms with E-state index in [0.29, 0.717) is 19.4 Å². The standard InChI is InChI=1S/C63H94O5/c1-4-7-10-13-16-19-22-25-28-30-32-34-36-38-41-44-47-50-53-56-62(64)67-60-61(59-66-58-55-52-49-46-43-40-27-24-21-18-15-12-9-6-3)68-63(65)57-54-51-48-45-42-39-37-35-33-31-29-26-23-20-17-14-11-8-5-2/h7-12,16-21,25-29,32-35,38-42,46-47,49-50,61H,4-6,13-15,22-24,30-31,36-37,43-45,48,51-60H2,1-3H3/b10-7-,11-8-,12-9-,19-16-,20-17-,21-18-,28-25-,29-26-,34-32-,35-33-,40-27-,41-38-,42-39-,49-46-,50-47-. The van der Waals surface area contributed by atoms with Gasteiger partial charge >= 0.3 is 11.9 Å². The second-order valence-corrected chi connectivity index (χ2v) is 16.3. The molecule has 0 saturated heterocycles. The average Bonchev–Trinajstić information content (AvgIpc) is 3.34. The van der Waals surface area contributed by atoms with Crippen LogP contribution in [0.4, 0.5) is 0 Å². The van der Waals surface area contributed by atoms with Crippen molar-refractivity contribution in [2.45, 2.75) is 181 Å². The van der Waals surface area contributed by atoms with Crippen LogP contribution in [0.3, 0.4) is 0 Å². The Morgan fingerprint density at radius 2 is 0.647 bits per heavy atom. The molecule has 0 aromatic rings. The Balaban J connectivity index is 4.58. The average molecular weight is 931 g/mol. The lowest BCUT2D eigenvalue weighted by Gasteiger charge is -2.18. The number of allylic oxidation sites excluding steroid dienone is 30. The van der Waals surface area contributed by atoms with E-state index in [9.17, 15) is 9.59 Å². The van der Waals surface area contributed by atoms with Crippen molar-refractivity contribution in [3.8, 4) is 0 Å². The topological polar surface area (TPSA) is 61.8 Å². The summed E-state index contributed by atoms with van der Waals surface area (Å²) < 4.78 is 17.2. The van der Waals surface area contributed by atoms with Crippen LogP contribution in [-0.4, -0.2) is 37.9 Å². The Kier molecular flexibility index (Phi) is 52.2. The number of hydrogen-bond acceptors (Lipinski definition) is 5. The highest BCUT2D eigenvalue weighted by Crippen LogP contribution is 2.09. The number of ether oxygens (including phenoxy) is 3. The van der Waals surface area contributed by atoms with Crippen molar-refractivity contribution in [1.29, 1.82) is 0 Å². The molecule has 0 spiro atoms. The number of unbranched alkanes of at least 4 members (excludes halogenated alkanes) is 4. The summed E-state index contributed by atoms with van der Waals surface area (Å²) in [7, 11) is 0. The summed E-state index contributed by atoms with van der Waals surface area (Å²) in [6.07, 6.45) is 86.4. The lowest BCUT2D eigenvalue weighted by Crippen LogP contribution is -2.30. The van der Waals surface area contributed by atoms with Gasteiger partial charge in [0.2, 0.25) is 0 Å². The van der Waals surface area contributed by atoms with Crippen molar-refractivity contribution in [3.05, 3.63) is 182 Å². The molecule has 0 aliphatic carbocycles. The van der Waals surface area contributed by atoms with Crippen molar-refractivity contribution in [2.24, 2.45) is 0 Å². The predicted molar refractivity (Wildman–Crippen MR) is 297 cm³/mol. The largest absolute Gasteiger partial charge is 0.462 e. The van der Waals surface area contributed by atoms with Gasteiger partial charge in [0.25, 0.3) is 0 Å². The van der Waals surface area contributed by atoms with Crippen LogP contribution in [0.1, 0.15) is 175 Å². The highest BCUT2D eigenvalue weighted by Gasteiger charge is 2.17. The van der Waals surface area contributed by atoms with Gasteiger partial charge in [-0.05, 0) is 135 Å². The van der Waals surface area contributed by atoms with Gasteiger partial charge in [0.1, 0.15) is 6.61 Å². The molecule has 5 nitrogen and oxygen atoms in total. The third-order valence-electron chi connectivity index (χ3n) is 9.93. The quantitative estimate of drug-likeness (QED) is 0.0346. The normalized spacial score (nSPS) is 13.8. The first kappa shape index (κ1) is 63.0. The second-order valence-electron chi connectivity index (χ2n) is 16.3. The van der Waals surface area contributed by atoms with Gasteiger partial charge in [-0.25, -0.2) is 0 Å². The number of carbonyl (C=O) groups is 2. The molecule has 1 atom stereocenters. The van der Waals surface area contributed by atoms with Crippen LogP contribution in [0.5, 0.6) is 0 Å². The first-order chi connectivity index (χ1) is 33.6. The molecule has 0 aromatic carbocycles. The van der Waals surface area contributed by atoms with Crippen molar-refractivity contribution in [2.75, 3.05) is 19.8 Å². The monoisotopic (exact) mass is 931 g/mol. The summed E-state index contributed by atoms with van der Waals surface area (Å²) in [5, 5.41) is 0. The molecule has 5 heteroatoms. The molecule has 0 fully saturated rings. The zero-order valence-electron chi connectivity index (χ0n) is 43.0. The van der Waals surface area contributed by atoms with Gasteiger partial charge in [0.05, 0.1) is 6.61 Å². The Labute approximate surface area is 417 Å².